The largest absolute Gasteiger partial charge is 0.464 e. The number of nitrogens with one attached hydrogen (secondary N) is 1. The zero-order chi connectivity index (χ0) is 8.69. The van der Waals surface area contributed by atoms with Crippen LogP contribution in [-0.4, -0.2) is 19.6 Å². The first-order valence-corrected chi connectivity index (χ1v) is 3.49. The van der Waals surface area contributed by atoms with Crippen molar-refractivity contribution in [3.63, 3.8) is 0 Å². The first-order chi connectivity index (χ1) is 5.22. The number of ether oxygens (including phenoxy) is 1. The standard InChI is InChI=1S/C7H14N2O2/c1-3-4-9-5-6(8)7(10)11-2/h5,9H,3-4,8H2,1-2H3/b6-5-. The Labute approximate surface area is 66.4 Å². The lowest BCUT2D eigenvalue weighted by Crippen LogP contribution is -2.17. The summed E-state index contributed by atoms with van der Waals surface area (Å²) in [5.41, 5.74) is 5.39. The lowest BCUT2D eigenvalue weighted by Gasteiger charge is -1.99. The quantitative estimate of drug-likeness (QED) is 0.342. The molecule has 0 rings (SSSR count). The highest BCUT2D eigenvalue weighted by Crippen LogP contribution is 1.84. The molecule has 0 aliphatic carbocycles. The van der Waals surface area contributed by atoms with Crippen molar-refractivity contribution in [3.05, 3.63) is 11.9 Å². The molecule has 0 fully saturated rings. The number of hydrogen-bond donors (Lipinski definition) is 2. The molecule has 3 N–H and O–H groups in total. The number of rotatable bonds is 4. The van der Waals surface area contributed by atoms with E-state index >= 15 is 0 Å². The molecule has 0 aromatic heterocycles. The van der Waals surface area contributed by atoms with E-state index in [1.54, 1.807) is 0 Å². The molecule has 64 valence electrons. The van der Waals surface area contributed by atoms with Crippen LogP contribution in [0.2, 0.25) is 0 Å². The van der Waals surface area contributed by atoms with Crippen LogP contribution in [0.25, 0.3) is 0 Å². The molecular weight excluding hydrogens is 144 g/mol. The molecule has 11 heavy (non-hydrogen) atoms. The van der Waals surface area contributed by atoms with Crippen molar-refractivity contribution in [2.45, 2.75) is 13.3 Å². The van der Waals surface area contributed by atoms with E-state index in [1.807, 2.05) is 6.92 Å². The highest BCUT2D eigenvalue weighted by molar-refractivity contribution is 5.86. The van der Waals surface area contributed by atoms with Crippen LogP contribution in [0.1, 0.15) is 13.3 Å². The number of esters is 1. The molecule has 4 nitrogen and oxygen atoms in total. The molecular formula is C7H14N2O2. The normalized spacial score (nSPS) is 10.9. The summed E-state index contributed by atoms with van der Waals surface area (Å²) >= 11 is 0. The van der Waals surface area contributed by atoms with Crippen LogP contribution in [0.5, 0.6) is 0 Å². The molecule has 0 amide bonds. The Morgan fingerprint density at radius 2 is 2.36 bits per heavy atom. The molecule has 0 saturated carbocycles. The molecule has 0 radical (unpaired) electrons. The van der Waals surface area contributed by atoms with E-state index in [0.29, 0.717) is 0 Å². The van der Waals surface area contributed by atoms with Crippen molar-refractivity contribution in [2.75, 3.05) is 13.7 Å². The van der Waals surface area contributed by atoms with Crippen molar-refractivity contribution in [1.29, 1.82) is 0 Å². The van der Waals surface area contributed by atoms with Gasteiger partial charge in [0.05, 0.1) is 7.11 Å². The second kappa shape index (κ2) is 5.58. The van der Waals surface area contributed by atoms with Crippen molar-refractivity contribution in [1.82, 2.24) is 5.32 Å². The highest BCUT2D eigenvalue weighted by Gasteiger charge is 2.01. The van der Waals surface area contributed by atoms with Crippen molar-refractivity contribution >= 4 is 5.97 Å². The zero-order valence-electron chi connectivity index (χ0n) is 6.89. The van der Waals surface area contributed by atoms with E-state index in [1.165, 1.54) is 13.3 Å². The number of nitrogens with two attached hydrogens (primary N) is 1. The van der Waals surface area contributed by atoms with Crippen molar-refractivity contribution < 1.29 is 9.53 Å². The maximum Gasteiger partial charge on any atom is 0.355 e. The molecule has 0 unspecified atom stereocenters. The zero-order valence-corrected chi connectivity index (χ0v) is 6.89. The molecule has 0 spiro atoms. The second-order valence-electron chi connectivity index (χ2n) is 2.05. The highest BCUT2D eigenvalue weighted by atomic mass is 16.5. The summed E-state index contributed by atoms with van der Waals surface area (Å²) in [7, 11) is 1.29. The Hall–Kier alpha value is -1.19. The Bertz CT molecular complexity index is 155. The molecule has 0 aliphatic rings. The summed E-state index contributed by atoms with van der Waals surface area (Å²) in [6.45, 7) is 2.83. The molecule has 0 aromatic rings. The van der Waals surface area contributed by atoms with E-state index in [9.17, 15) is 4.79 Å². The molecule has 0 aliphatic heterocycles. The topological polar surface area (TPSA) is 64.3 Å². The van der Waals surface area contributed by atoms with E-state index < -0.39 is 5.97 Å². The van der Waals surface area contributed by atoms with Crippen LogP contribution in [0.4, 0.5) is 0 Å². The van der Waals surface area contributed by atoms with Crippen LogP contribution in [0, 0.1) is 0 Å². The Morgan fingerprint density at radius 3 is 2.82 bits per heavy atom. The van der Waals surface area contributed by atoms with Gasteiger partial charge in [0, 0.05) is 12.7 Å². The van der Waals surface area contributed by atoms with Crippen LogP contribution in [0.15, 0.2) is 11.9 Å². The summed E-state index contributed by atoms with van der Waals surface area (Å²) in [6.07, 6.45) is 2.44. The predicted octanol–water partition coefficient (Wildman–Crippen LogP) is -0.0409. The van der Waals surface area contributed by atoms with Crippen LogP contribution in [-0.2, 0) is 9.53 Å². The fourth-order valence-corrected chi connectivity index (χ4v) is 0.503. The third-order valence-corrected chi connectivity index (χ3v) is 1.07. The number of hydrogen-bond acceptors (Lipinski definition) is 4. The molecule has 0 bridgehead atoms. The van der Waals surface area contributed by atoms with Gasteiger partial charge in [0.1, 0.15) is 5.70 Å². The van der Waals surface area contributed by atoms with Gasteiger partial charge in [-0.2, -0.15) is 0 Å². The van der Waals surface area contributed by atoms with E-state index in [0.717, 1.165) is 13.0 Å². The van der Waals surface area contributed by atoms with Gasteiger partial charge in [-0.05, 0) is 6.42 Å². The minimum Gasteiger partial charge on any atom is -0.464 e. The fourth-order valence-electron chi connectivity index (χ4n) is 0.503. The van der Waals surface area contributed by atoms with E-state index in [2.05, 4.69) is 10.1 Å². The fraction of sp³-hybridized carbons (Fsp3) is 0.571. The van der Waals surface area contributed by atoms with Gasteiger partial charge in [0.2, 0.25) is 0 Å². The minimum absolute atomic E-state index is 0.0981. The Kier molecular flexibility index (Phi) is 4.98. The Morgan fingerprint density at radius 1 is 1.73 bits per heavy atom. The second-order valence-corrected chi connectivity index (χ2v) is 2.05. The van der Waals surface area contributed by atoms with Crippen LogP contribution in [0.3, 0.4) is 0 Å². The van der Waals surface area contributed by atoms with Gasteiger partial charge in [0.15, 0.2) is 0 Å². The van der Waals surface area contributed by atoms with Crippen LogP contribution < -0.4 is 11.1 Å². The molecule has 4 heteroatoms. The van der Waals surface area contributed by atoms with Crippen molar-refractivity contribution in [3.8, 4) is 0 Å². The summed E-state index contributed by atoms with van der Waals surface area (Å²) < 4.78 is 4.37. The molecule has 0 aromatic carbocycles. The number of carbonyl (C=O) groups is 1. The van der Waals surface area contributed by atoms with Crippen molar-refractivity contribution in [2.24, 2.45) is 5.73 Å². The SMILES string of the molecule is CCCN/C=C(\N)C(=O)OC. The van der Waals surface area contributed by atoms with Gasteiger partial charge in [-0.15, -0.1) is 0 Å². The van der Waals surface area contributed by atoms with Gasteiger partial charge >= 0.3 is 5.97 Å². The summed E-state index contributed by atoms with van der Waals surface area (Å²) in [4.78, 5) is 10.7. The molecule has 0 heterocycles. The maximum atomic E-state index is 10.7. The summed E-state index contributed by atoms with van der Waals surface area (Å²) in [5.74, 6) is -0.506. The van der Waals surface area contributed by atoms with E-state index in [-0.39, 0.29) is 5.70 Å². The minimum atomic E-state index is -0.506. The lowest BCUT2D eigenvalue weighted by molar-refractivity contribution is -0.136. The smallest absolute Gasteiger partial charge is 0.355 e. The Balaban J connectivity index is 3.71. The number of carbonyl (C=O) groups excluding carboxylic acids is 1. The first-order valence-electron chi connectivity index (χ1n) is 3.49. The average molecular weight is 158 g/mol. The predicted molar refractivity (Wildman–Crippen MR) is 42.6 cm³/mol. The van der Waals surface area contributed by atoms with Gasteiger partial charge < -0.3 is 15.8 Å². The molecule has 0 saturated heterocycles. The first kappa shape index (κ1) is 9.81. The van der Waals surface area contributed by atoms with E-state index in [4.69, 9.17) is 5.73 Å². The third-order valence-electron chi connectivity index (χ3n) is 1.07. The summed E-state index contributed by atoms with van der Waals surface area (Å²) in [5, 5.41) is 2.86. The van der Waals surface area contributed by atoms with Crippen LogP contribution >= 0.6 is 0 Å². The third kappa shape index (κ3) is 4.25. The summed E-state index contributed by atoms with van der Waals surface area (Å²) in [6, 6.07) is 0. The monoisotopic (exact) mass is 158 g/mol. The van der Waals surface area contributed by atoms with Gasteiger partial charge in [-0.1, -0.05) is 6.92 Å². The number of methoxy groups -OCH3 is 1. The van der Waals surface area contributed by atoms with Gasteiger partial charge in [-0.25, -0.2) is 4.79 Å². The molecule has 0 atom stereocenters. The lowest BCUT2D eigenvalue weighted by atomic mass is 10.4. The average Bonchev–Trinajstić information content (AvgIpc) is 2.03. The van der Waals surface area contributed by atoms with Gasteiger partial charge in [-0.3, -0.25) is 0 Å². The maximum absolute atomic E-state index is 10.7. The van der Waals surface area contributed by atoms with Gasteiger partial charge in [0.25, 0.3) is 0 Å².